The summed E-state index contributed by atoms with van der Waals surface area (Å²) in [5, 5.41) is 3.50. The zero-order valence-electron chi connectivity index (χ0n) is 16.7. The summed E-state index contributed by atoms with van der Waals surface area (Å²) in [7, 11) is 3.84. The summed E-state index contributed by atoms with van der Waals surface area (Å²) in [4.78, 5) is 8.99. The van der Waals surface area contributed by atoms with Crippen LogP contribution in [0.15, 0.2) is 58.1 Å². The van der Waals surface area contributed by atoms with Crippen LogP contribution >= 0.6 is 24.0 Å². The number of ether oxygens (including phenoxy) is 1. The summed E-state index contributed by atoms with van der Waals surface area (Å²) in [6.07, 6.45) is 4.26. The molecule has 154 valence electrons. The first kappa shape index (κ1) is 22.5. The first-order valence-corrected chi connectivity index (χ1v) is 9.65. The van der Waals surface area contributed by atoms with E-state index in [1.807, 2.05) is 50.5 Å². The highest BCUT2D eigenvalue weighted by Crippen LogP contribution is 2.24. The second-order valence-corrected chi connectivity index (χ2v) is 6.79. The van der Waals surface area contributed by atoms with Gasteiger partial charge in [0.2, 0.25) is 0 Å². The Balaban J connectivity index is 0.00000280. The van der Waals surface area contributed by atoms with Gasteiger partial charge in [0.15, 0.2) is 5.96 Å². The zero-order valence-corrected chi connectivity index (χ0v) is 19.0. The van der Waals surface area contributed by atoms with E-state index in [9.17, 15) is 0 Å². The Hall–Kier alpha value is -1.74. The average molecular weight is 498 g/mol. The molecule has 0 saturated carbocycles. The first-order chi connectivity index (χ1) is 13.3. The molecule has 1 fully saturated rings. The maximum absolute atomic E-state index is 5.79. The van der Waals surface area contributed by atoms with E-state index in [1.54, 1.807) is 6.26 Å². The Labute approximate surface area is 185 Å². The fraction of sp³-hybridized carbons (Fsp3) is 0.476. The molecule has 1 aliphatic rings. The number of hydrogen-bond acceptors (Lipinski definition) is 4. The molecule has 1 aromatic carbocycles. The Kier molecular flexibility index (Phi) is 9.63. The number of halogens is 1. The lowest BCUT2D eigenvalue weighted by Crippen LogP contribution is -2.44. The van der Waals surface area contributed by atoms with Crippen molar-refractivity contribution in [1.29, 1.82) is 0 Å². The molecule has 1 saturated heterocycles. The van der Waals surface area contributed by atoms with Crippen molar-refractivity contribution >= 4 is 29.9 Å². The lowest BCUT2D eigenvalue weighted by atomic mass is 10.2. The van der Waals surface area contributed by atoms with Crippen LogP contribution in [0.3, 0.4) is 0 Å². The summed E-state index contributed by atoms with van der Waals surface area (Å²) in [6, 6.07) is 14.1. The lowest BCUT2D eigenvalue weighted by Gasteiger charge is -2.28. The number of guanidine groups is 1. The number of furan rings is 1. The minimum absolute atomic E-state index is 0. The van der Waals surface area contributed by atoms with E-state index in [0.29, 0.717) is 6.61 Å². The Bertz CT molecular complexity index is 688. The Morgan fingerprint density at radius 2 is 1.96 bits per heavy atom. The molecule has 0 bridgehead atoms. The van der Waals surface area contributed by atoms with Gasteiger partial charge in [-0.05, 0) is 50.2 Å². The highest BCUT2D eigenvalue weighted by Gasteiger charge is 2.25. The van der Waals surface area contributed by atoms with Crippen molar-refractivity contribution in [2.45, 2.75) is 18.9 Å². The third-order valence-corrected chi connectivity index (χ3v) is 4.92. The monoisotopic (exact) mass is 498 g/mol. The highest BCUT2D eigenvalue weighted by molar-refractivity contribution is 14.0. The second kappa shape index (κ2) is 12.0. The second-order valence-electron chi connectivity index (χ2n) is 6.79. The number of para-hydroxylation sites is 1. The lowest BCUT2D eigenvalue weighted by molar-refractivity contribution is 0.213. The normalized spacial score (nSPS) is 15.7. The van der Waals surface area contributed by atoms with Gasteiger partial charge in [0, 0.05) is 20.6 Å². The van der Waals surface area contributed by atoms with Crippen LogP contribution in [-0.4, -0.2) is 62.6 Å². The predicted octanol–water partition coefficient (Wildman–Crippen LogP) is 3.62. The van der Waals surface area contributed by atoms with E-state index in [1.165, 1.54) is 12.8 Å². The number of nitrogens with zero attached hydrogens (tertiary/aromatic N) is 3. The molecule has 7 heteroatoms. The summed E-state index contributed by atoms with van der Waals surface area (Å²) in [6.45, 7) is 4.36. The number of aliphatic imine (C=N–C) groups is 1. The van der Waals surface area contributed by atoms with Gasteiger partial charge in [-0.25, -0.2) is 0 Å². The van der Waals surface area contributed by atoms with Crippen LogP contribution in [0.5, 0.6) is 5.75 Å². The van der Waals surface area contributed by atoms with Crippen molar-refractivity contribution in [2.24, 2.45) is 4.99 Å². The van der Waals surface area contributed by atoms with Crippen molar-refractivity contribution in [3.63, 3.8) is 0 Å². The van der Waals surface area contributed by atoms with Gasteiger partial charge in [-0.2, -0.15) is 0 Å². The average Bonchev–Trinajstić information content (AvgIpc) is 3.40. The van der Waals surface area contributed by atoms with Crippen LogP contribution in [-0.2, 0) is 0 Å². The number of rotatable bonds is 8. The molecule has 0 spiro atoms. The van der Waals surface area contributed by atoms with Gasteiger partial charge in [0.05, 0.1) is 18.8 Å². The van der Waals surface area contributed by atoms with Gasteiger partial charge >= 0.3 is 0 Å². The molecule has 28 heavy (non-hydrogen) atoms. The number of likely N-dealkylation sites (N-methyl/N-ethyl adjacent to an activating group) is 1. The third-order valence-electron chi connectivity index (χ3n) is 4.92. The maximum Gasteiger partial charge on any atom is 0.193 e. The summed E-state index contributed by atoms with van der Waals surface area (Å²) in [5.41, 5.74) is 0. The van der Waals surface area contributed by atoms with Crippen LogP contribution in [0.4, 0.5) is 0 Å². The molecule has 1 aromatic heterocycles. The maximum atomic E-state index is 5.79. The molecule has 3 rings (SSSR count). The number of hydrogen-bond donors (Lipinski definition) is 1. The van der Waals surface area contributed by atoms with Crippen molar-refractivity contribution in [2.75, 3.05) is 46.9 Å². The van der Waals surface area contributed by atoms with E-state index >= 15 is 0 Å². The molecule has 0 amide bonds. The molecule has 0 aliphatic carbocycles. The van der Waals surface area contributed by atoms with Gasteiger partial charge in [-0.15, -0.1) is 24.0 Å². The molecular formula is C21H31IN4O2. The number of likely N-dealkylation sites (tertiary alicyclic amines) is 1. The summed E-state index contributed by atoms with van der Waals surface area (Å²) >= 11 is 0. The standard InChI is InChI=1S/C21H30N4O2.HI/c1-22-21(24(2)14-16-26-18-9-4-3-5-10-18)23-17-19(20-11-8-15-27-20)25-12-6-7-13-25;/h3-5,8-11,15,19H,6-7,12-14,16-17H2,1-2H3,(H,22,23);1H. The molecule has 1 atom stereocenters. The summed E-state index contributed by atoms with van der Waals surface area (Å²) < 4.78 is 11.5. The topological polar surface area (TPSA) is 53.2 Å². The fourth-order valence-electron chi connectivity index (χ4n) is 3.44. The van der Waals surface area contributed by atoms with Crippen LogP contribution in [0, 0.1) is 0 Å². The SMILES string of the molecule is CN=C(NCC(c1ccco1)N1CCCC1)N(C)CCOc1ccccc1.I. The molecule has 1 aliphatic heterocycles. The predicted molar refractivity (Wildman–Crippen MR) is 124 cm³/mol. The fourth-order valence-corrected chi connectivity index (χ4v) is 3.44. The largest absolute Gasteiger partial charge is 0.492 e. The molecule has 1 N–H and O–H groups in total. The minimum atomic E-state index is 0. The van der Waals surface area contributed by atoms with Crippen LogP contribution in [0.1, 0.15) is 24.6 Å². The van der Waals surface area contributed by atoms with E-state index in [-0.39, 0.29) is 30.0 Å². The van der Waals surface area contributed by atoms with Gasteiger partial charge in [0.1, 0.15) is 18.1 Å². The molecule has 2 aromatic rings. The van der Waals surface area contributed by atoms with E-state index < -0.39 is 0 Å². The number of nitrogens with one attached hydrogen (secondary N) is 1. The third kappa shape index (κ3) is 6.41. The van der Waals surface area contributed by atoms with Gasteiger partial charge in [-0.1, -0.05) is 18.2 Å². The zero-order chi connectivity index (χ0) is 18.9. The summed E-state index contributed by atoms with van der Waals surface area (Å²) in [5.74, 6) is 2.76. The van der Waals surface area contributed by atoms with Crippen molar-refractivity contribution < 1.29 is 9.15 Å². The van der Waals surface area contributed by atoms with E-state index in [2.05, 4.69) is 26.2 Å². The van der Waals surface area contributed by atoms with Gasteiger partial charge in [-0.3, -0.25) is 9.89 Å². The van der Waals surface area contributed by atoms with Gasteiger partial charge in [0.25, 0.3) is 0 Å². The molecule has 0 radical (unpaired) electrons. The molecule has 2 heterocycles. The van der Waals surface area contributed by atoms with Crippen LogP contribution < -0.4 is 10.1 Å². The van der Waals surface area contributed by atoms with Crippen molar-refractivity contribution in [3.8, 4) is 5.75 Å². The van der Waals surface area contributed by atoms with Crippen molar-refractivity contribution in [3.05, 3.63) is 54.5 Å². The van der Waals surface area contributed by atoms with Crippen LogP contribution in [0.25, 0.3) is 0 Å². The quantitative estimate of drug-likeness (QED) is 0.343. The van der Waals surface area contributed by atoms with E-state index in [4.69, 9.17) is 9.15 Å². The molecular weight excluding hydrogens is 467 g/mol. The number of benzene rings is 1. The highest BCUT2D eigenvalue weighted by atomic mass is 127. The van der Waals surface area contributed by atoms with E-state index in [0.717, 1.165) is 43.6 Å². The smallest absolute Gasteiger partial charge is 0.193 e. The Morgan fingerprint density at radius 3 is 2.61 bits per heavy atom. The first-order valence-electron chi connectivity index (χ1n) is 9.65. The molecule has 1 unspecified atom stereocenters. The molecule has 6 nitrogen and oxygen atoms in total. The van der Waals surface area contributed by atoms with Crippen molar-refractivity contribution in [1.82, 2.24) is 15.1 Å². The van der Waals surface area contributed by atoms with Gasteiger partial charge < -0.3 is 19.4 Å². The minimum Gasteiger partial charge on any atom is -0.492 e. The van der Waals surface area contributed by atoms with Crippen LogP contribution in [0.2, 0.25) is 0 Å². The Morgan fingerprint density at radius 1 is 1.21 bits per heavy atom.